The van der Waals surface area contributed by atoms with E-state index < -0.39 is 84.4 Å². The molecule has 7 amide bonds. The molecule has 0 saturated carbocycles. The van der Waals surface area contributed by atoms with Crippen molar-refractivity contribution in [2.24, 2.45) is 5.92 Å². The van der Waals surface area contributed by atoms with Gasteiger partial charge >= 0.3 is 12.0 Å². The fourth-order valence-electron chi connectivity index (χ4n) is 7.47. The average molecular weight is 762 g/mol. The van der Waals surface area contributed by atoms with Crippen molar-refractivity contribution in [1.82, 2.24) is 30.7 Å². The number of para-hydroxylation sites is 1. The zero-order chi connectivity index (χ0) is 38.4. The molecule has 2 aromatic carbocycles. The molecule has 2 aromatic rings. The number of amides is 7. The second-order valence-electron chi connectivity index (χ2n) is 14.3. The third-order valence-electron chi connectivity index (χ3n) is 10.3. The summed E-state index contributed by atoms with van der Waals surface area (Å²) in [5, 5.41) is 10.9. The number of cyclic esters (lactones) is 1. The van der Waals surface area contributed by atoms with Crippen LogP contribution < -0.4 is 21.3 Å². The first-order valence-corrected chi connectivity index (χ1v) is 19.6. The molecule has 4 saturated heterocycles. The van der Waals surface area contributed by atoms with Gasteiger partial charge in [-0.05, 0) is 56.2 Å². The lowest BCUT2D eigenvalue weighted by Gasteiger charge is -2.39. The van der Waals surface area contributed by atoms with Crippen LogP contribution in [0.4, 0.5) is 10.5 Å². The molecular weight excluding hydrogens is 715 g/mol. The largest absolute Gasteiger partial charge is 0.461 e. The summed E-state index contributed by atoms with van der Waals surface area (Å²) in [5.74, 6) is -3.12. The van der Waals surface area contributed by atoms with Crippen LogP contribution >= 0.6 is 11.8 Å². The molecule has 4 heterocycles. The number of thioether (sulfide) groups is 1. The molecule has 4 aliphatic rings. The van der Waals surface area contributed by atoms with E-state index in [4.69, 9.17) is 4.74 Å². The molecule has 0 bridgehead atoms. The van der Waals surface area contributed by atoms with Crippen molar-refractivity contribution < 1.29 is 38.3 Å². The molecule has 0 radical (unpaired) electrons. The number of nitrogens with one attached hydrogen (secondary N) is 4. The lowest BCUT2D eigenvalue weighted by atomic mass is 9.99. The first-order valence-electron chi connectivity index (χ1n) is 18.4. The van der Waals surface area contributed by atoms with Crippen molar-refractivity contribution in [2.75, 3.05) is 36.6 Å². The van der Waals surface area contributed by atoms with Crippen molar-refractivity contribution >= 4 is 59.0 Å². The van der Waals surface area contributed by atoms with Gasteiger partial charge in [0.25, 0.3) is 0 Å². The predicted octanol–water partition coefficient (Wildman–Crippen LogP) is 1.49. The highest BCUT2D eigenvalue weighted by molar-refractivity contribution is 7.99. The lowest BCUT2D eigenvalue weighted by Crippen LogP contribution is -2.62. The van der Waals surface area contributed by atoms with Crippen LogP contribution in [-0.2, 0) is 39.9 Å². The van der Waals surface area contributed by atoms with Crippen LogP contribution in [-0.4, -0.2) is 124 Å². The van der Waals surface area contributed by atoms with Crippen LogP contribution in [0.15, 0.2) is 60.7 Å². The van der Waals surface area contributed by atoms with Gasteiger partial charge in [0.2, 0.25) is 29.5 Å². The Bertz CT molecular complexity index is 1730. The number of nitrogens with zero attached hydrogens (tertiary/aromatic N) is 3. The van der Waals surface area contributed by atoms with Gasteiger partial charge in [0, 0.05) is 31.0 Å². The van der Waals surface area contributed by atoms with Gasteiger partial charge in [-0.15, -0.1) is 11.8 Å². The van der Waals surface area contributed by atoms with E-state index in [-0.39, 0.29) is 30.5 Å². The van der Waals surface area contributed by atoms with Crippen LogP contribution in [0.1, 0.15) is 45.1 Å². The maximum absolute atomic E-state index is 14.4. The topological polar surface area (TPSA) is 187 Å². The standard InChI is InChI=1S/C38H47N7O8S/c1-23-17-30-37(51)53-20-28(41-32(46)27(18-25-11-5-3-6-12-25)42-38(52)40-26-13-7-4-8-14-26)35(49)45-22-54-21-31(45)36(50)43-16-10-9-15-29(43)33(47)39-24(2)34(48)44(30)19-23/h3-8,11-14,23-24,27-31H,9-10,15-22H2,1-2H3,(H,39,47)(H,41,46)(H2,40,42,52)/t23-,24-,27-,28-,29-,30-,31-/m0/s1. The summed E-state index contributed by atoms with van der Waals surface area (Å²) in [6.45, 7) is 3.45. The van der Waals surface area contributed by atoms with Crippen LogP contribution in [0.2, 0.25) is 0 Å². The van der Waals surface area contributed by atoms with Crippen molar-refractivity contribution in [3.8, 4) is 0 Å². The molecule has 0 spiro atoms. The first kappa shape index (κ1) is 38.6. The fourth-order valence-corrected chi connectivity index (χ4v) is 8.63. The number of carbonyl (C=O) groups excluding carboxylic acids is 7. The van der Waals surface area contributed by atoms with E-state index in [9.17, 15) is 33.6 Å². The minimum Gasteiger partial charge on any atom is -0.461 e. The molecule has 4 fully saturated rings. The predicted molar refractivity (Wildman–Crippen MR) is 200 cm³/mol. The highest BCUT2D eigenvalue weighted by atomic mass is 32.2. The van der Waals surface area contributed by atoms with Crippen molar-refractivity contribution in [1.29, 1.82) is 0 Å². The summed E-state index contributed by atoms with van der Waals surface area (Å²) in [6, 6.07) is 10.8. The Balaban J connectivity index is 1.30. The summed E-state index contributed by atoms with van der Waals surface area (Å²) in [4.78, 5) is 101. The zero-order valence-corrected chi connectivity index (χ0v) is 31.2. The number of carbonyl (C=O) groups is 7. The summed E-state index contributed by atoms with van der Waals surface area (Å²) in [5.41, 5.74) is 1.25. The van der Waals surface area contributed by atoms with E-state index >= 15 is 0 Å². The fraction of sp³-hybridized carbons (Fsp3) is 0.500. The van der Waals surface area contributed by atoms with Gasteiger partial charge in [0.05, 0.1) is 5.88 Å². The number of anilines is 1. The van der Waals surface area contributed by atoms with Crippen molar-refractivity contribution in [3.05, 3.63) is 66.2 Å². The van der Waals surface area contributed by atoms with Gasteiger partial charge in [-0.2, -0.15) is 0 Å². The summed E-state index contributed by atoms with van der Waals surface area (Å²) in [7, 11) is 0. The molecule has 7 atom stereocenters. The molecular formula is C38H47N7O8S. The Morgan fingerprint density at radius 2 is 1.59 bits per heavy atom. The minimum absolute atomic E-state index is 0.0469. The molecule has 288 valence electrons. The monoisotopic (exact) mass is 761 g/mol. The van der Waals surface area contributed by atoms with E-state index in [0.29, 0.717) is 37.9 Å². The van der Waals surface area contributed by atoms with Crippen LogP contribution in [0.5, 0.6) is 0 Å². The Morgan fingerprint density at radius 1 is 0.870 bits per heavy atom. The average Bonchev–Trinajstić information content (AvgIpc) is 3.83. The number of rotatable bonds is 6. The van der Waals surface area contributed by atoms with Gasteiger partial charge in [-0.25, -0.2) is 9.59 Å². The van der Waals surface area contributed by atoms with E-state index in [1.54, 1.807) is 61.5 Å². The smallest absolute Gasteiger partial charge is 0.328 e. The Kier molecular flexibility index (Phi) is 12.4. The maximum Gasteiger partial charge on any atom is 0.328 e. The molecule has 4 aliphatic heterocycles. The molecule has 15 nitrogen and oxygen atoms in total. The third kappa shape index (κ3) is 8.97. The molecule has 4 N–H and O–H groups in total. The van der Waals surface area contributed by atoms with Gasteiger partial charge in [0.1, 0.15) is 42.9 Å². The van der Waals surface area contributed by atoms with Gasteiger partial charge in [-0.1, -0.05) is 55.5 Å². The van der Waals surface area contributed by atoms with E-state index in [0.717, 1.165) is 5.56 Å². The van der Waals surface area contributed by atoms with E-state index in [1.807, 2.05) is 13.0 Å². The van der Waals surface area contributed by atoms with Crippen LogP contribution in [0, 0.1) is 5.92 Å². The molecule has 16 heteroatoms. The number of hydrogen-bond acceptors (Lipinski definition) is 9. The number of ether oxygens (including phenoxy) is 1. The molecule has 0 unspecified atom stereocenters. The summed E-state index contributed by atoms with van der Waals surface area (Å²) in [6.07, 6.45) is 2.16. The summed E-state index contributed by atoms with van der Waals surface area (Å²) >= 11 is 1.36. The third-order valence-corrected chi connectivity index (χ3v) is 11.3. The van der Waals surface area contributed by atoms with Gasteiger partial charge < -0.3 is 40.7 Å². The van der Waals surface area contributed by atoms with E-state index in [1.165, 1.54) is 26.5 Å². The first-order chi connectivity index (χ1) is 26.0. The Morgan fingerprint density at radius 3 is 2.33 bits per heavy atom. The molecule has 0 aliphatic carbocycles. The van der Waals surface area contributed by atoms with Crippen LogP contribution in [0.3, 0.4) is 0 Å². The van der Waals surface area contributed by atoms with Crippen LogP contribution in [0.25, 0.3) is 0 Å². The van der Waals surface area contributed by atoms with Crippen molar-refractivity contribution in [2.45, 2.75) is 82.2 Å². The SMILES string of the molecule is C[C@H]1C[C@H]2C(=O)OC[C@H](NC(=O)[C@H](Cc3ccccc3)NC(=O)Nc3ccccc3)C(=O)N3CSC[C@H]3C(=O)N3CCCC[C@H]3C(=O)N[C@@H](C)C(=O)N2C1. The second-order valence-corrected chi connectivity index (χ2v) is 15.3. The Labute approximate surface area is 318 Å². The molecule has 54 heavy (non-hydrogen) atoms. The van der Waals surface area contributed by atoms with E-state index in [2.05, 4.69) is 21.3 Å². The Hall–Kier alpha value is -5.12. The highest BCUT2D eigenvalue weighted by Crippen LogP contribution is 2.29. The molecule has 6 rings (SSSR count). The normalized spacial score (nSPS) is 27.2. The zero-order valence-electron chi connectivity index (χ0n) is 30.4. The summed E-state index contributed by atoms with van der Waals surface area (Å²) < 4.78 is 5.73. The minimum atomic E-state index is -1.44. The highest BCUT2D eigenvalue weighted by Gasteiger charge is 2.46. The van der Waals surface area contributed by atoms with Gasteiger partial charge in [0.15, 0.2) is 0 Å². The number of piperidine rings is 1. The number of hydrogen-bond donors (Lipinski definition) is 4. The van der Waals surface area contributed by atoms with Crippen molar-refractivity contribution in [3.63, 3.8) is 0 Å². The number of fused-ring (bicyclic) bond motifs is 3. The molecule has 0 aromatic heterocycles. The number of urea groups is 1. The number of benzene rings is 2. The maximum atomic E-state index is 14.4. The number of esters is 1. The second kappa shape index (κ2) is 17.3. The quantitative estimate of drug-likeness (QED) is 0.317. The lowest BCUT2D eigenvalue weighted by molar-refractivity contribution is -0.158. The van der Waals surface area contributed by atoms with Gasteiger partial charge in [-0.3, -0.25) is 24.0 Å².